The molecule has 0 bridgehead atoms. The van der Waals surface area contributed by atoms with Gasteiger partial charge in [0.2, 0.25) is 5.91 Å². The highest BCUT2D eigenvalue weighted by molar-refractivity contribution is 9.10. The number of amides is 2. The van der Waals surface area contributed by atoms with Crippen molar-refractivity contribution in [2.24, 2.45) is 0 Å². The van der Waals surface area contributed by atoms with E-state index in [1.807, 2.05) is 19.2 Å². The van der Waals surface area contributed by atoms with Crippen LogP contribution in [-0.2, 0) is 9.59 Å². The summed E-state index contributed by atoms with van der Waals surface area (Å²) < 4.78 is 0.931. The number of nitrogens with zero attached hydrogens (tertiary/aromatic N) is 3. The van der Waals surface area contributed by atoms with E-state index >= 15 is 0 Å². The Hall–Kier alpha value is -1.24. The summed E-state index contributed by atoms with van der Waals surface area (Å²) in [6.07, 6.45) is 2.37. The molecule has 0 saturated carbocycles. The summed E-state index contributed by atoms with van der Waals surface area (Å²) in [5.41, 5.74) is 0.655. The monoisotopic (exact) mass is 379 g/mol. The van der Waals surface area contributed by atoms with Gasteiger partial charge < -0.3 is 4.90 Å². The minimum Gasteiger partial charge on any atom is -0.306 e. The molecule has 0 N–H and O–H groups in total. The number of carbonyl (C=O) groups is 2. The summed E-state index contributed by atoms with van der Waals surface area (Å²) in [7, 11) is 4.10. The van der Waals surface area contributed by atoms with Crippen molar-refractivity contribution in [1.82, 2.24) is 9.80 Å². The lowest BCUT2D eigenvalue weighted by atomic mass is 10.0. The number of carbonyl (C=O) groups excluding carboxylic acids is 2. The first-order valence-corrected chi connectivity index (χ1v) is 8.79. The first kappa shape index (κ1) is 16.6. The van der Waals surface area contributed by atoms with Crippen LogP contribution in [0.3, 0.4) is 0 Å². The Labute approximate surface area is 145 Å². The molecule has 0 radical (unpaired) electrons. The van der Waals surface area contributed by atoms with Crippen LogP contribution in [0.25, 0.3) is 0 Å². The molecule has 6 heteroatoms. The summed E-state index contributed by atoms with van der Waals surface area (Å²) in [4.78, 5) is 30.9. The molecule has 124 valence electrons. The molecule has 0 aromatic heterocycles. The van der Waals surface area contributed by atoms with Crippen LogP contribution in [0.1, 0.15) is 19.3 Å². The number of likely N-dealkylation sites (tertiary alicyclic amines) is 1. The molecule has 2 saturated heterocycles. The first-order chi connectivity index (χ1) is 11.0. The molecule has 2 fully saturated rings. The topological polar surface area (TPSA) is 43.9 Å². The molecule has 23 heavy (non-hydrogen) atoms. The predicted octanol–water partition coefficient (Wildman–Crippen LogP) is 2.11. The summed E-state index contributed by atoms with van der Waals surface area (Å²) >= 11 is 3.38. The molecule has 2 aliphatic heterocycles. The lowest BCUT2D eigenvalue weighted by Crippen LogP contribution is -2.49. The molecule has 0 spiro atoms. The molecule has 0 aliphatic carbocycles. The Balaban J connectivity index is 1.74. The van der Waals surface area contributed by atoms with Crippen molar-refractivity contribution in [3.63, 3.8) is 0 Å². The van der Waals surface area contributed by atoms with Gasteiger partial charge in [-0.25, -0.2) is 4.90 Å². The fourth-order valence-electron chi connectivity index (χ4n) is 3.45. The minimum absolute atomic E-state index is 0.0984. The predicted molar refractivity (Wildman–Crippen MR) is 93.3 cm³/mol. The van der Waals surface area contributed by atoms with Crippen molar-refractivity contribution in [2.75, 3.05) is 32.1 Å². The molecule has 1 atom stereocenters. The number of piperidine rings is 1. The number of halogens is 1. The maximum atomic E-state index is 12.8. The van der Waals surface area contributed by atoms with Gasteiger partial charge in [-0.1, -0.05) is 15.9 Å². The van der Waals surface area contributed by atoms with Crippen LogP contribution < -0.4 is 4.90 Å². The van der Waals surface area contributed by atoms with Crippen molar-refractivity contribution in [3.05, 3.63) is 28.7 Å². The van der Waals surface area contributed by atoms with E-state index in [1.54, 1.807) is 12.1 Å². The van der Waals surface area contributed by atoms with Crippen molar-refractivity contribution in [2.45, 2.75) is 31.3 Å². The summed E-state index contributed by atoms with van der Waals surface area (Å²) in [6, 6.07) is 7.35. The van der Waals surface area contributed by atoms with Crippen LogP contribution in [-0.4, -0.2) is 60.9 Å². The van der Waals surface area contributed by atoms with Gasteiger partial charge in [-0.05, 0) is 64.3 Å². The maximum Gasteiger partial charge on any atom is 0.251 e. The average Bonchev–Trinajstić information content (AvgIpc) is 2.83. The second-order valence-corrected chi connectivity index (χ2v) is 7.38. The highest BCUT2D eigenvalue weighted by atomic mass is 79.9. The third-order valence-corrected chi connectivity index (χ3v) is 5.49. The molecule has 3 rings (SSSR count). The van der Waals surface area contributed by atoms with Crippen LogP contribution in [0.15, 0.2) is 28.7 Å². The van der Waals surface area contributed by atoms with Crippen LogP contribution in [0.4, 0.5) is 5.69 Å². The van der Waals surface area contributed by atoms with Gasteiger partial charge in [0.25, 0.3) is 5.91 Å². The lowest BCUT2D eigenvalue weighted by molar-refractivity contribution is -0.123. The van der Waals surface area contributed by atoms with E-state index in [2.05, 4.69) is 32.8 Å². The van der Waals surface area contributed by atoms with Gasteiger partial charge in [-0.2, -0.15) is 0 Å². The first-order valence-electron chi connectivity index (χ1n) is 8.00. The molecule has 2 aliphatic rings. The second kappa shape index (κ2) is 6.71. The number of anilines is 1. The Kier molecular flexibility index (Phi) is 4.85. The molecular weight excluding hydrogens is 358 g/mol. The highest BCUT2D eigenvalue weighted by Gasteiger charge is 2.43. The SMILES string of the molecule is CN1CCC(N(C)[C@@H]2CC(=O)N(c3ccc(Br)cc3)C2=O)CC1. The standard InChI is InChI=1S/C17H22BrN3O2/c1-19-9-7-13(8-10-19)20(2)15-11-16(22)21(17(15)23)14-5-3-12(18)4-6-14/h3-6,13,15H,7-11H2,1-2H3/t15-/m1/s1. The summed E-state index contributed by atoms with van der Waals surface area (Å²) in [5, 5.41) is 0. The quantitative estimate of drug-likeness (QED) is 0.754. The van der Waals surface area contributed by atoms with E-state index in [9.17, 15) is 9.59 Å². The minimum atomic E-state index is -0.334. The Morgan fingerprint density at radius 3 is 2.35 bits per heavy atom. The zero-order chi connectivity index (χ0) is 16.6. The van der Waals surface area contributed by atoms with Crippen LogP contribution in [0.5, 0.6) is 0 Å². The van der Waals surface area contributed by atoms with Gasteiger partial charge in [0.1, 0.15) is 0 Å². The van der Waals surface area contributed by atoms with Crippen LogP contribution in [0, 0.1) is 0 Å². The van der Waals surface area contributed by atoms with E-state index in [-0.39, 0.29) is 24.3 Å². The number of likely N-dealkylation sites (N-methyl/N-ethyl adjacent to an activating group) is 1. The molecule has 1 aromatic carbocycles. The molecular formula is C17H22BrN3O2. The third-order valence-electron chi connectivity index (χ3n) is 4.96. The fourth-order valence-corrected chi connectivity index (χ4v) is 3.72. The molecule has 1 aromatic rings. The number of imide groups is 1. The van der Waals surface area contributed by atoms with E-state index in [0.717, 1.165) is 30.4 Å². The van der Waals surface area contributed by atoms with Crippen LogP contribution in [0.2, 0.25) is 0 Å². The smallest absolute Gasteiger partial charge is 0.251 e. The van der Waals surface area contributed by atoms with Gasteiger partial charge >= 0.3 is 0 Å². The largest absolute Gasteiger partial charge is 0.306 e. The van der Waals surface area contributed by atoms with E-state index < -0.39 is 0 Å². The number of rotatable bonds is 3. The van der Waals surface area contributed by atoms with E-state index in [4.69, 9.17) is 0 Å². The molecule has 0 unspecified atom stereocenters. The second-order valence-electron chi connectivity index (χ2n) is 6.46. The van der Waals surface area contributed by atoms with Gasteiger partial charge in [-0.15, -0.1) is 0 Å². The molecule has 2 amide bonds. The summed E-state index contributed by atoms with van der Waals surface area (Å²) in [6.45, 7) is 2.08. The lowest BCUT2D eigenvalue weighted by Gasteiger charge is -2.37. The zero-order valence-electron chi connectivity index (χ0n) is 13.5. The Morgan fingerprint density at radius 1 is 1.13 bits per heavy atom. The number of hydrogen-bond acceptors (Lipinski definition) is 4. The van der Waals surface area contributed by atoms with Crippen molar-refractivity contribution in [1.29, 1.82) is 0 Å². The maximum absolute atomic E-state index is 12.8. The normalized spacial score (nSPS) is 24.0. The zero-order valence-corrected chi connectivity index (χ0v) is 15.1. The highest BCUT2D eigenvalue weighted by Crippen LogP contribution is 2.28. The molecule has 2 heterocycles. The van der Waals surface area contributed by atoms with Gasteiger partial charge in [-0.3, -0.25) is 14.5 Å². The fraction of sp³-hybridized carbons (Fsp3) is 0.529. The Bertz CT molecular complexity index is 596. The van der Waals surface area contributed by atoms with Gasteiger partial charge in [0.15, 0.2) is 0 Å². The Morgan fingerprint density at radius 2 is 1.74 bits per heavy atom. The van der Waals surface area contributed by atoms with Crippen molar-refractivity contribution < 1.29 is 9.59 Å². The van der Waals surface area contributed by atoms with Crippen molar-refractivity contribution >= 4 is 33.4 Å². The van der Waals surface area contributed by atoms with E-state index in [0.29, 0.717) is 11.7 Å². The van der Waals surface area contributed by atoms with Crippen molar-refractivity contribution in [3.8, 4) is 0 Å². The molecule has 5 nitrogen and oxygen atoms in total. The van der Waals surface area contributed by atoms with Gasteiger partial charge in [0, 0.05) is 10.5 Å². The van der Waals surface area contributed by atoms with Gasteiger partial charge in [0.05, 0.1) is 18.2 Å². The number of hydrogen-bond donors (Lipinski definition) is 0. The van der Waals surface area contributed by atoms with Crippen LogP contribution >= 0.6 is 15.9 Å². The third kappa shape index (κ3) is 3.34. The van der Waals surface area contributed by atoms with E-state index in [1.165, 1.54) is 4.90 Å². The number of benzene rings is 1. The summed E-state index contributed by atoms with van der Waals surface area (Å²) in [5.74, 6) is -0.208. The average molecular weight is 380 g/mol.